The number of hydrogen-bond acceptors (Lipinski definition) is 5. The first kappa shape index (κ1) is 26.7. The average molecular weight is 470 g/mol. The van der Waals surface area contributed by atoms with Crippen LogP contribution in [0.2, 0.25) is 0 Å². The van der Waals surface area contributed by atoms with Crippen molar-refractivity contribution in [1.82, 2.24) is 4.83 Å². The Morgan fingerprint density at radius 3 is 2.53 bits per heavy atom. The Morgan fingerprint density at radius 1 is 1.19 bits per heavy atom. The molecule has 0 aliphatic heterocycles. The van der Waals surface area contributed by atoms with Gasteiger partial charge in [-0.15, -0.1) is 4.83 Å². The minimum Gasteiger partial charge on any atom is -0.481 e. The monoisotopic (exact) mass is 469 g/mol. The van der Waals surface area contributed by atoms with Gasteiger partial charge in [-0.3, -0.25) is 14.2 Å². The Balaban J connectivity index is 2.00. The van der Waals surface area contributed by atoms with Crippen molar-refractivity contribution in [3.63, 3.8) is 0 Å². The summed E-state index contributed by atoms with van der Waals surface area (Å²) in [5.74, 6) is -1.53. The van der Waals surface area contributed by atoms with Gasteiger partial charge in [-0.1, -0.05) is 42.5 Å². The lowest BCUT2D eigenvalue weighted by Gasteiger charge is -2.32. The van der Waals surface area contributed by atoms with Crippen molar-refractivity contribution in [2.24, 2.45) is 11.8 Å². The summed E-state index contributed by atoms with van der Waals surface area (Å²) in [6.07, 6.45) is 4.68. The quantitative estimate of drug-likeness (QED) is 0.142. The third kappa shape index (κ3) is 8.43. The first-order valence-electron chi connectivity index (χ1n) is 11.2. The number of benzene rings is 1. The van der Waals surface area contributed by atoms with Gasteiger partial charge in [0.1, 0.15) is 0 Å². The Labute approximate surface area is 190 Å². The topological polar surface area (TPSA) is 128 Å². The van der Waals surface area contributed by atoms with Crippen LogP contribution in [0.25, 0.3) is 0 Å². The van der Waals surface area contributed by atoms with Crippen LogP contribution in [0.3, 0.4) is 0 Å². The lowest BCUT2D eigenvalue weighted by Crippen LogP contribution is -2.35. The van der Waals surface area contributed by atoms with Crippen molar-refractivity contribution in [2.45, 2.75) is 57.7 Å². The highest BCUT2D eigenvalue weighted by molar-refractivity contribution is 7.55. The van der Waals surface area contributed by atoms with E-state index in [2.05, 4.69) is 0 Å². The molecule has 1 aromatic carbocycles. The van der Waals surface area contributed by atoms with E-state index in [9.17, 15) is 24.5 Å². The second-order valence-electron chi connectivity index (χ2n) is 8.27. The van der Waals surface area contributed by atoms with E-state index < -0.39 is 31.6 Å². The largest absolute Gasteiger partial charge is 0.481 e. The highest BCUT2D eigenvalue weighted by atomic mass is 31.2. The van der Waals surface area contributed by atoms with E-state index in [-0.39, 0.29) is 38.1 Å². The molecule has 9 heteroatoms. The standard InChI is InChI=1S/C23H36NO7P/c1-2-31-24(32(29,30)15-14-18-10-6-5-7-11-18)17-20-19(21(25)16-22(20)26)12-8-3-4-9-13-23(27)28/h3,5-8,10-11,19-22,25-26H,2,4,9,12-17H2,1H3,(H,27,28)(H,29,30)/b8-3-/t19?,20-,21+,22-/m1/s1. The number of hydroxylamine groups is 1. The number of carbonyl (C=O) groups is 1. The first-order chi connectivity index (χ1) is 15.2. The van der Waals surface area contributed by atoms with Crippen LogP contribution >= 0.6 is 7.52 Å². The lowest BCUT2D eigenvalue weighted by atomic mass is 9.90. The zero-order chi connectivity index (χ0) is 23.6. The number of carboxylic acid groups (broad SMARTS) is 1. The summed E-state index contributed by atoms with van der Waals surface area (Å²) in [5, 5.41) is 29.7. The Morgan fingerprint density at radius 2 is 1.88 bits per heavy atom. The van der Waals surface area contributed by atoms with Gasteiger partial charge in [0.2, 0.25) is 0 Å². The number of unbranched alkanes of at least 4 members (excludes halogenated alkanes) is 1. The van der Waals surface area contributed by atoms with E-state index >= 15 is 0 Å². The van der Waals surface area contributed by atoms with Crippen LogP contribution in [0.5, 0.6) is 0 Å². The summed E-state index contributed by atoms with van der Waals surface area (Å²) in [4.78, 5) is 28.0. The summed E-state index contributed by atoms with van der Waals surface area (Å²) in [6, 6.07) is 9.46. The molecular weight excluding hydrogens is 433 g/mol. The van der Waals surface area contributed by atoms with Crippen LogP contribution in [0, 0.1) is 11.8 Å². The molecule has 0 amide bonds. The van der Waals surface area contributed by atoms with E-state index in [1.807, 2.05) is 42.5 Å². The highest BCUT2D eigenvalue weighted by Gasteiger charge is 2.44. The summed E-state index contributed by atoms with van der Waals surface area (Å²) >= 11 is 0. The summed E-state index contributed by atoms with van der Waals surface area (Å²) in [6.45, 7) is 2.00. The van der Waals surface area contributed by atoms with Gasteiger partial charge in [0.05, 0.1) is 18.8 Å². The summed E-state index contributed by atoms with van der Waals surface area (Å²) in [5.41, 5.74) is 0.959. The maximum atomic E-state index is 13.1. The molecule has 0 bridgehead atoms. The van der Waals surface area contributed by atoms with Crippen molar-refractivity contribution in [2.75, 3.05) is 19.3 Å². The second kappa shape index (κ2) is 13.2. The van der Waals surface area contributed by atoms with E-state index in [0.717, 1.165) is 10.4 Å². The molecule has 4 N–H and O–H groups in total. The molecule has 2 unspecified atom stereocenters. The molecule has 0 radical (unpaired) electrons. The van der Waals surface area contributed by atoms with Crippen LogP contribution in [0.1, 0.15) is 44.6 Å². The van der Waals surface area contributed by atoms with Crippen molar-refractivity contribution < 1.29 is 34.4 Å². The molecule has 2 rings (SSSR count). The minimum atomic E-state index is -3.82. The fourth-order valence-corrected chi connectivity index (χ4v) is 5.64. The fraction of sp³-hybridized carbons (Fsp3) is 0.609. The molecule has 8 nitrogen and oxygen atoms in total. The zero-order valence-corrected chi connectivity index (χ0v) is 19.5. The smallest absolute Gasteiger partial charge is 0.303 e. The number of rotatable bonds is 14. The molecule has 1 aliphatic carbocycles. The fourth-order valence-electron chi connectivity index (χ4n) is 4.13. The van der Waals surface area contributed by atoms with Gasteiger partial charge >= 0.3 is 5.97 Å². The molecule has 1 fully saturated rings. The van der Waals surface area contributed by atoms with Crippen molar-refractivity contribution in [3.05, 3.63) is 48.0 Å². The van der Waals surface area contributed by atoms with Crippen molar-refractivity contribution in [3.8, 4) is 0 Å². The SMILES string of the molecule is CCON(C[C@@H]1C(C/C=C\CCCC(=O)O)[C@@H](O)C[C@H]1O)P(=O)(O)CCc1ccccc1. The second-order valence-corrected chi connectivity index (χ2v) is 10.5. The number of aliphatic carboxylic acids is 1. The van der Waals surface area contributed by atoms with Crippen LogP contribution in [-0.2, 0) is 20.6 Å². The van der Waals surface area contributed by atoms with Gasteiger partial charge in [-0.2, -0.15) is 0 Å². The predicted octanol–water partition coefficient (Wildman–Crippen LogP) is 3.23. The molecule has 1 aromatic rings. The van der Waals surface area contributed by atoms with E-state index in [1.54, 1.807) is 6.92 Å². The first-order valence-corrected chi connectivity index (χ1v) is 13.0. The maximum Gasteiger partial charge on any atom is 0.303 e. The third-order valence-corrected chi connectivity index (χ3v) is 7.67. The normalized spacial score (nSPS) is 25.4. The molecule has 0 saturated heterocycles. The molecule has 5 atom stereocenters. The van der Waals surface area contributed by atoms with Crippen molar-refractivity contribution >= 4 is 13.5 Å². The van der Waals surface area contributed by atoms with E-state index in [1.165, 1.54) is 0 Å². The number of nitrogens with zero attached hydrogens (tertiary/aromatic N) is 1. The van der Waals surface area contributed by atoms with Gasteiger partial charge < -0.3 is 20.2 Å². The number of aryl methyl sites for hydroxylation is 1. The number of aliphatic hydroxyl groups excluding tert-OH is 2. The molecule has 1 saturated carbocycles. The molecule has 0 spiro atoms. The molecule has 32 heavy (non-hydrogen) atoms. The van der Waals surface area contributed by atoms with Gasteiger partial charge in [0.15, 0.2) is 0 Å². The molecule has 0 heterocycles. The minimum absolute atomic E-state index is 0.0243. The van der Waals surface area contributed by atoms with Gasteiger partial charge in [0, 0.05) is 25.0 Å². The Bertz CT molecular complexity index is 773. The molecule has 1 aliphatic rings. The van der Waals surface area contributed by atoms with E-state index in [0.29, 0.717) is 25.7 Å². The van der Waals surface area contributed by atoms with Crippen LogP contribution in [0.15, 0.2) is 42.5 Å². The van der Waals surface area contributed by atoms with Gasteiger partial charge in [0.25, 0.3) is 7.52 Å². The molecule has 0 aromatic heterocycles. The Hall–Kier alpha value is -1.54. The number of hydrogen-bond donors (Lipinski definition) is 4. The van der Waals surface area contributed by atoms with Crippen molar-refractivity contribution in [1.29, 1.82) is 0 Å². The average Bonchev–Trinajstić information content (AvgIpc) is 3.01. The molecular formula is C23H36NO7P. The number of carboxylic acids is 1. The van der Waals surface area contributed by atoms with Gasteiger partial charge in [-0.25, -0.2) is 0 Å². The summed E-state index contributed by atoms with van der Waals surface area (Å²) < 4.78 is 13.1. The van der Waals surface area contributed by atoms with Crippen LogP contribution in [-0.4, -0.2) is 62.5 Å². The zero-order valence-electron chi connectivity index (χ0n) is 18.6. The maximum absolute atomic E-state index is 13.1. The van der Waals surface area contributed by atoms with Crippen LogP contribution < -0.4 is 0 Å². The number of aliphatic hydroxyl groups is 2. The summed E-state index contributed by atoms with van der Waals surface area (Å²) in [7, 11) is -3.82. The molecule has 180 valence electrons. The lowest BCUT2D eigenvalue weighted by molar-refractivity contribution is -0.137. The Kier molecular flexibility index (Phi) is 11.0. The van der Waals surface area contributed by atoms with E-state index in [4.69, 9.17) is 9.94 Å². The highest BCUT2D eigenvalue weighted by Crippen LogP contribution is 2.48. The van der Waals surface area contributed by atoms with Gasteiger partial charge in [-0.05, 0) is 50.5 Å². The number of allylic oxidation sites excluding steroid dienone is 2. The third-order valence-electron chi connectivity index (χ3n) is 5.89. The predicted molar refractivity (Wildman–Crippen MR) is 122 cm³/mol. The van der Waals surface area contributed by atoms with Crippen LogP contribution in [0.4, 0.5) is 0 Å².